The molecule has 0 unspecified atom stereocenters. The van der Waals surface area contributed by atoms with E-state index in [2.05, 4.69) is 27.1 Å². The van der Waals surface area contributed by atoms with Gasteiger partial charge in [-0.3, -0.25) is 4.79 Å². The van der Waals surface area contributed by atoms with Crippen LogP contribution in [0.1, 0.15) is 36.6 Å². The summed E-state index contributed by atoms with van der Waals surface area (Å²) in [5, 5.41) is 2.93. The third kappa shape index (κ3) is 4.96. The summed E-state index contributed by atoms with van der Waals surface area (Å²) in [5.74, 6) is 1.67. The molecule has 1 aliphatic heterocycles. The molecule has 1 aromatic heterocycles. The van der Waals surface area contributed by atoms with Gasteiger partial charge in [-0.2, -0.15) is 4.98 Å². The number of para-hydroxylation sites is 1. The number of aryl methyl sites for hydroxylation is 3. The molecule has 1 amide bonds. The Hall–Kier alpha value is -2.63. The standard InChI is InChI=1S/C21H28N4O2/c1-14-8-10-25(11-9-14)21-22-17(4)12-19(24-21)27-13-18(26)23-20-15(2)6-5-7-16(20)3/h5-7,12,14H,8-11,13H2,1-4H3,(H,23,26). The molecule has 0 aliphatic carbocycles. The normalized spacial score (nSPS) is 14.9. The van der Waals surface area contributed by atoms with Crippen molar-refractivity contribution in [1.29, 1.82) is 0 Å². The molecule has 1 aliphatic rings. The lowest BCUT2D eigenvalue weighted by atomic mass is 10.00. The second kappa shape index (κ2) is 8.37. The quantitative estimate of drug-likeness (QED) is 0.872. The molecule has 0 atom stereocenters. The first kappa shape index (κ1) is 19.1. The summed E-state index contributed by atoms with van der Waals surface area (Å²) in [5.41, 5.74) is 3.74. The fourth-order valence-electron chi connectivity index (χ4n) is 3.28. The number of rotatable bonds is 5. The zero-order valence-electron chi connectivity index (χ0n) is 16.6. The van der Waals surface area contributed by atoms with Gasteiger partial charge in [-0.25, -0.2) is 4.98 Å². The Morgan fingerprint density at radius 1 is 1.19 bits per heavy atom. The number of piperidine rings is 1. The highest BCUT2D eigenvalue weighted by molar-refractivity contribution is 5.93. The molecule has 2 aromatic rings. The third-order valence-electron chi connectivity index (χ3n) is 4.98. The number of hydrogen-bond acceptors (Lipinski definition) is 5. The summed E-state index contributed by atoms with van der Waals surface area (Å²) in [7, 11) is 0. The molecule has 27 heavy (non-hydrogen) atoms. The minimum atomic E-state index is -0.197. The molecule has 144 valence electrons. The first-order valence-electron chi connectivity index (χ1n) is 9.52. The number of nitrogens with one attached hydrogen (secondary N) is 1. The van der Waals surface area contributed by atoms with Crippen molar-refractivity contribution in [3.8, 4) is 5.88 Å². The zero-order valence-corrected chi connectivity index (χ0v) is 16.6. The van der Waals surface area contributed by atoms with E-state index in [1.54, 1.807) is 6.07 Å². The van der Waals surface area contributed by atoms with Crippen LogP contribution in [0.15, 0.2) is 24.3 Å². The van der Waals surface area contributed by atoms with Crippen LogP contribution in [0.25, 0.3) is 0 Å². The maximum absolute atomic E-state index is 12.3. The Balaban J connectivity index is 1.63. The predicted molar refractivity (Wildman–Crippen MR) is 107 cm³/mol. The zero-order chi connectivity index (χ0) is 19.4. The summed E-state index contributed by atoms with van der Waals surface area (Å²) >= 11 is 0. The van der Waals surface area contributed by atoms with Gasteiger partial charge in [0, 0.05) is 30.5 Å². The van der Waals surface area contributed by atoms with E-state index in [-0.39, 0.29) is 12.5 Å². The van der Waals surface area contributed by atoms with Crippen molar-refractivity contribution in [3.63, 3.8) is 0 Å². The highest BCUT2D eigenvalue weighted by atomic mass is 16.5. The van der Waals surface area contributed by atoms with Crippen LogP contribution >= 0.6 is 0 Å². The van der Waals surface area contributed by atoms with Gasteiger partial charge in [-0.05, 0) is 50.7 Å². The summed E-state index contributed by atoms with van der Waals surface area (Å²) in [6.07, 6.45) is 2.29. The number of aromatic nitrogens is 2. The van der Waals surface area contributed by atoms with E-state index < -0.39 is 0 Å². The molecule has 1 saturated heterocycles. The van der Waals surface area contributed by atoms with Crippen molar-refractivity contribution in [2.24, 2.45) is 5.92 Å². The van der Waals surface area contributed by atoms with Crippen molar-refractivity contribution in [1.82, 2.24) is 9.97 Å². The van der Waals surface area contributed by atoms with E-state index in [1.165, 1.54) is 0 Å². The largest absolute Gasteiger partial charge is 0.467 e. The molecular formula is C21H28N4O2. The van der Waals surface area contributed by atoms with Gasteiger partial charge in [0.1, 0.15) is 0 Å². The molecule has 6 heteroatoms. The average Bonchev–Trinajstić information content (AvgIpc) is 2.63. The van der Waals surface area contributed by atoms with Crippen LogP contribution in [0.3, 0.4) is 0 Å². The van der Waals surface area contributed by atoms with Crippen LogP contribution in [0, 0.1) is 26.7 Å². The predicted octanol–water partition coefficient (Wildman–Crippen LogP) is 3.66. The number of hydrogen-bond donors (Lipinski definition) is 1. The van der Waals surface area contributed by atoms with Crippen LogP contribution < -0.4 is 15.0 Å². The number of amides is 1. The minimum Gasteiger partial charge on any atom is -0.467 e. The van der Waals surface area contributed by atoms with E-state index in [0.29, 0.717) is 11.8 Å². The second-order valence-electron chi connectivity index (χ2n) is 7.42. The van der Waals surface area contributed by atoms with Crippen molar-refractivity contribution >= 4 is 17.5 Å². The summed E-state index contributed by atoms with van der Waals surface area (Å²) < 4.78 is 5.66. The van der Waals surface area contributed by atoms with E-state index in [0.717, 1.165) is 54.4 Å². The number of nitrogens with zero attached hydrogens (tertiary/aromatic N) is 3. The van der Waals surface area contributed by atoms with Crippen LogP contribution in [0.2, 0.25) is 0 Å². The van der Waals surface area contributed by atoms with Gasteiger partial charge in [0.2, 0.25) is 11.8 Å². The van der Waals surface area contributed by atoms with E-state index in [4.69, 9.17) is 4.74 Å². The van der Waals surface area contributed by atoms with Crippen molar-refractivity contribution in [2.45, 2.75) is 40.5 Å². The molecule has 2 heterocycles. The van der Waals surface area contributed by atoms with Gasteiger partial charge in [0.15, 0.2) is 6.61 Å². The van der Waals surface area contributed by atoms with Gasteiger partial charge in [-0.1, -0.05) is 25.1 Å². The van der Waals surface area contributed by atoms with Gasteiger partial charge < -0.3 is 15.0 Å². The highest BCUT2D eigenvalue weighted by Gasteiger charge is 2.19. The summed E-state index contributed by atoms with van der Waals surface area (Å²) in [6, 6.07) is 7.69. The molecule has 1 N–H and O–H groups in total. The molecular weight excluding hydrogens is 340 g/mol. The van der Waals surface area contributed by atoms with Gasteiger partial charge in [0.25, 0.3) is 5.91 Å². The Morgan fingerprint density at radius 2 is 1.85 bits per heavy atom. The maximum atomic E-state index is 12.3. The molecule has 0 saturated carbocycles. The molecule has 0 bridgehead atoms. The third-order valence-corrected chi connectivity index (χ3v) is 4.98. The molecule has 1 aromatic carbocycles. The van der Waals surface area contributed by atoms with Gasteiger partial charge >= 0.3 is 0 Å². The number of benzene rings is 1. The number of anilines is 2. The SMILES string of the molecule is Cc1cc(OCC(=O)Nc2c(C)cccc2C)nc(N2CCC(C)CC2)n1. The van der Waals surface area contributed by atoms with E-state index in [1.807, 2.05) is 39.0 Å². The van der Waals surface area contributed by atoms with E-state index in [9.17, 15) is 4.79 Å². The molecule has 1 fully saturated rings. The first-order chi connectivity index (χ1) is 12.9. The molecule has 6 nitrogen and oxygen atoms in total. The van der Waals surface area contributed by atoms with Crippen molar-refractivity contribution < 1.29 is 9.53 Å². The van der Waals surface area contributed by atoms with Crippen LogP contribution in [-0.2, 0) is 4.79 Å². The number of carbonyl (C=O) groups is 1. The Labute approximate surface area is 161 Å². The lowest BCUT2D eigenvalue weighted by Gasteiger charge is -2.30. The molecule has 0 spiro atoms. The Morgan fingerprint density at radius 3 is 2.52 bits per heavy atom. The van der Waals surface area contributed by atoms with E-state index >= 15 is 0 Å². The Kier molecular flexibility index (Phi) is 5.94. The number of carbonyl (C=O) groups excluding carboxylic acids is 1. The topological polar surface area (TPSA) is 67.3 Å². The fourth-order valence-corrected chi connectivity index (χ4v) is 3.28. The average molecular weight is 368 g/mol. The summed E-state index contributed by atoms with van der Waals surface area (Å²) in [4.78, 5) is 23.5. The van der Waals surface area contributed by atoms with Gasteiger partial charge in [-0.15, -0.1) is 0 Å². The summed E-state index contributed by atoms with van der Waals surface area (Å²) in [6.45, 7) is 9.97. The van der Waals surface area contributed by atoms with Crippen LogP contribution in [0.5, 0.6) is 5.88 Å². The monoisotopic (exact) mass is 368 g/mol. The fraction of sp³-hybridized carbons (Fsp3) is 0.476. The smallest absolute Gasteiger partial charge is 0.262 e. The highest BCUT2D eigenvalue weighted by Crippen LogP contribution is 2.23. The first-order valence-corrected chi connectivity index (χ1v) is 9.52. The van der Waals surface area contributed by atoms with Crippen molar-refractivity contribution in [2.75, 3.05) is 29.9 Å². The molecule has 3 rings (SSSR count). The van der Waals surface area contributed by atoms with Crippen molar-refractivity contribution in [3.05, 3.63) is 41.1 Å². The maximum Gasteiger partial charge on any atom is 0.262 e. The minimum absolute atomic E-state index is 0.0826. The number of ether oxygens (including phenoxy) is 1. The van der Waals surface area contributed by atoms with Crippen LogP contribution in [-0.4, -0.2) is 35.6 Å². The lowest BCUT2D eigenvalue weighted by molar-refractivity contribution is -0.118. The Bertz CT molecular complexity index is 794. The van der Waals surface area contributed by atoms with Gasteiger partial charge in [0.05, 0.1) is 0 Å². The second-order valence-corrected chi connectivity index (χ2v) is 7.42. The lowest BCUT2D eigenvalue weighted by Crippen LogP contribution is -2.34. The van der Waals surface area contributed by atoms with Crippen LogP contribution in [0.4, 0.5) is 11.6 Å². The molecule has 0 radical (unpaired) electrons.